The van der Waals surface area contributed by atoms with E-state index in [0.717, 1.165) is 6.54 Å². The zero-order valence-electron chi connectivity index (χ0n) is 15.9. The molecule has 1 N–H and O–H groups in total. The summed E-state index contributed by atoms with van der Waals surface area (Å²) in [6, 6.07) is 22.6. The van der Waals surface area contributed by atoms with Crippen LogP contribution in [-0.2, 0) is 0 Å². The molecular formula is C23H32N2. The van der Waals surface area contributed by atoms with Crippen LogP contribution in [0.3, 0.4) is 0 Å². The van der Waals surface area contributed by atoms with Gasteiger partial charge in [0.15, 0.2) is 0 Å². The monoisotopic (exact) mass is 336 g/mol. The second kappa shape index (κ2) is 8.16. The molecule has 0 unspecified atom stereocenters. The van der Waals surface area contributed by atoms with E-state index >= 15 is 0 Å². The Morgan fingerprint density at radius 3 is 1.80 bits per heavy atom. The summed E-state index contributed by atoms with van der Waals surface area (Å²) in [5.41, 5.74) is 3.05. The van der Waals surface area contributed by atoms with Gasteiger partial charge in [-0.1, -0.05) is 60.7 Å². The van der Waals surface area contributed by atoms with E-state index < -0.39 is 0 Å². The minimum atomic E-state index is 0.212. The standard InChI is InChI=1S/C23H32N2/c1-23(2,3)24-21-14-16-25(17-15-21)18-22(19-10-6-4-7-11-19)20-12-8-5-9-13-20/h4-13,21-22,24H,14-18H2,1-3H3. The molecule has 3 rings (SSSR count). The topological polar surface area (TPSA) is 15.3 Å². The Labute approximate surface area is 153 Å². The van der Waals surface area contributed by atoms with Crippen LogP contribution in [0.5, 0.6) is 0 Å². The molecule has 2 aromatic rings. The van der Waals surface area contributed by atoms with E-state index in [2.05, 4.69) is 91.7 Å². The predicted octanol–water partition coefficient (Wildman–Crippen LogP) is 4.67. The van der Waals surface area contributed by atoms with Gasteiger partial charge in [-0.2, -0.15) is 0 Å². The fraction of sp³-hybridized carbons (Fsp3) is 0.478. The van der Waals surface area contributed by atoms with Gasteiger partial charge >= 0.3 is 0 Å². The minimum absolute atomic E-state index is 0.212. The number of nitrogens with zero attached hydrogens (tertiary/aromatic N) is 1. The van der Waals surface area contributed by atoms with Gasteiger partial charge in [-0.05, 0) is 57.8 Å². The highest BCUT2D eigenvalue weighted by Gasteiger charge is 2.25. The van der Waals surface area contributed by atoms with Gasteiger partial charge in [0.1, 0.15) is 0 Å². The Kier molecular flexibility index (Phi) is 5.93. The summed E-state index contributed by atoms with van der Waals surface area (Å²) in [5.74, 6) is 0.453. The first kappa shape index (κ1) is 18.2. The fourth-order valence-electron chi connectivity index (χ4n) is 3.90. The SMILES string of the molecule is CC(C)(C)NC1CCN(CC(c2ccccc2)c2ccccc2)CC1. The average molecular weight is 337 g/mol. The number of likely N-dealkylation sites (tertiary alicyclic amines) is 1. The lowest BCUT2D eigenvalue weighted by Gasteiger charge is -2.37. The van der Waals surface area contributed by atoms with Gasteiger partial charge < -0.3 is 10.2 Å². The summed E-state index contributed by atoms with van der Waals surface area (Å²) in [4.78, 5) is 2.64. The van der Waals surface area contributed by atoms with Crippen molar-refractivity contribution in [1.29, 1.82) is 0 Å². The second-order valence-corrected chi connectivity index (χ2v) is 8.34. The fourth-order valence-corrected chi connectivity index (χ4v) is 3.90. The van der Waals surface area contributed by atoms with Crippen molar-refractivity contribution in [3.63, 3.8) is 0 Å². The van der Waals surface area contributed by atoms with Crippen LogP contribution in [-0.4, -0.2) is 36.1 Å². The van der Waals surface area contributed by atoms with Gasteiger partial charge in [0.25, 0.3) is 0 Å². The number of rotatable bonds is 5. The molecule has 2 aromatic carbocycles. The van der Waals surface area contributed by atoms with E-state index in [1.54, 1.807) is 0 Å². The Balaban J connectivity index is 1.66. The van der Waals surface area contributed by atoms with Crippen LogP contribution < -0.4 is 5.32 Å². The van der Waals surface area contributed by atoms with E-state index in [1.165, 1.54) is 37.1 Å². The van der Waals surface area contributed by atoms with Crippen molar-refractivity contribution in [2.75, 3.05) is 19.6 Å². The highest BCUT2D eigenvalue weighted by Crippen LogP contribution is 2.27. The summed E-state index contributed by atoms with van der Waals surface area (Å²) >= 11 is 0. The van der Waals surface area contributed by atoms with Crippen LogP contribution in [0.25, 0.3) is 0 Å². The smallest absolute Gasteiger partial charge is 0.0217 e. The van der Waals surface area contributed by atoms with Crippen molar-refractivity contribution < 1.29 is 0 Å². The molecule has 0 radical (unpaired) electrons. The molecule has 25 heavy (non-hydrogen) atoms. The Morgan fingerprint density at radius 1 is 0.880 bits per heavy atom. The van der Waals surface area contributed by atoms with Crippen LogP contribution in [0.2, 0.25) is 0 Å². The van der Waals surface area contributed by atoms with Crippen molar-refractivity contribution >= 4 is 0 Å². The largest absolute Gasteiger partial charge is 0.309 e. The molecule has 1 aliphatic heterocycles. The molecule has 0 aliphatic carbocycles. The lowest BCUT2D eigenvalue weighted by Crippen LogP contribution is -2.49. The van der Waals surface area contributed by atoms with Crippen molar-refractivity contribution in [2.45, 2.75) is 51.1 Å². The Morgan fingerprint density at radius 2 is 1.36 bits per heavy atom. The quantitative estimate of drug-likeness (QED) is 0.853. The molecule has 0 saturated carbocycles. The third-order valence-electron chi connectivity index (χ3n) is 5.07. The lowest BCUT2D eigenvalue weighted by atomic mass is 9.90. The Hall–Kier alpha value is -1.64. The molecule has 1 aliphatic rings. The van der Waals surface area contributed by atoms with Crippen LogP contribution in [0.4, 0.5) is 0 Å². The second-order valence-electron chi connectivity index (χ2n) is 8.34. The average Bonchev–Trinajstić information content (AvgIpc) is 2.61. The Bertz CT molecular complexity index is 583. The van der Waals surface area contributed by atoms with E-state index in [1.807, 2.05) is 0 Å². The van der Waals surface area contributed by atoms with Gasteiger partial charge in [0.2, 0.25) is 0 Å². The predicted molar refractivity (Wildman–Crippen MR) is 107 cm³/mol. The molecule has 0 bridgehead atoms. The van der Waals surface area contributed by atoms with Crippen molar-refractivity contribution in [3.8, 4) is 0 Å². The maximum atomic E-state index is 3.77. The summed E-state index contributed by atoms with van der Waals surface area (Å²) in [6.45, 7) is 10.3. The molecular weight excluding hydrogens is 304 g/mol. The number of piperidine rings is 1. The van der Waals surface area contributed by atoms with Crippen LogP contribution in [0, 0.1) is 0 Å². The van der Waals surface area contributed by atoms with Crippen LogP contribution in [0.15, 0.2) is 60.7 Å². The van der Waals surface area contributed by atoms with Gasteiger partial charge in [-0.25, -0.2) is 0 Å². The highest BCUT2D eigenvalue weighted by molar-refractivity contribution is 5.32. The molecule has 0 spiro atoms. The third-order valence-corrected chi connectivity index (χ3v) is 5.07. The zero-order valence-corrected chi connectivity index (χ0v) is 15.9. The van der Waals surface area contributed by atoms with Crippen molar-refractivity contribution in [2.24, 2.45) is 0 Å². The number of hydrogen-bond donors (Lipinski definition) is 1. The molecule has 1 heterocycles. The molecule has 2 nitrogen and oxygen atoms in total. The number of nitrogens with one attached hydrogen (secondary N) is 1. The van der Waals surface area contributed by atoms with Gasteiger partial charge in [0.05, 0.1) is 0 Å². The van der Waals surface area contributed by atoms with Crippen molar-refractivity contribution in [3.05, 3.63) is 71.8 Å². The maximum Gasteiger partial charge on any atom is 0.0217 e. The molecule has 1 fully saturated rings. The number of hydrogen-bond acceptors (Lipinski definition) is 2. The van der Waals surface area contributed by atoms with Crippen LogP contribution in [0.1, 0.15) is 50.7 Å². The van der Waals surface area contributed by atoms with Crippen LogP contribution >= 0.6 is 0 Å². The molecule has 0 amide bonds. The highest BCUT2D eigenvalue weighted by atomic mass is 15.1. The van der Waals surface area contributed by atoms with Gasteiger partial charge in [-0.3, -0.25) is 0 Å². The van der Waals surface area contributed by atoms with Gasteiger partial charge in [-0.15, -0.1) is 0 Å². The normalized spacial score (nSPS) is 17.1. The third kappa shape index (κ3) is 5.42. The molecule has 1 saturated heterocycles. The number of benzene rings is 2. The first-order valence-corrected chi connectivity index (χ1v) is 9.61. The lowest BCUT2D eigenvalue weighted by molar-refractivity contribution is 0.177. The summed E-state index contributed by atoms with van der Waals surface area (Å²) in [5, 5.41) is 3.77. The van der Waals surface area contributed by atoms with E-state index in [-0.39, 0.29) is 5.54 Å². The molecule has 0 aromatic heterocycles. The van der Waals surface area contributed by atoms with E-state index in [4.69, 9.17) is 0 Å². The zero-order chi connectivity index (χ0) is 17.7. The molecule has 2 heteroatoms. The first-order chi connectivity index (χ1) is 12.0. The summed E-state index contributed by atoms with van der Waals surface area (Å²) in [6.07, 6.45) is 2.49. The first-order valence-electron chi connectivity index (χ1n) is 9.61. The molecule has 134 valence electrons. The summed E-state index contributed by atoms with van der Waals surface area (Å²) < 4.78 is 0. The molecule has 0 atom stereocenters. The van der Waals surface area contributed by atoms with Gasteiger partial charge in [0, 0.05) is 24.0 Å². The maximum absolute atomic E-state index is 3.77. The van der Waals surface area contributed by atoms with Crippen molar-refractivity contribution in [1.82, 2.24) is 10.2 Å². The minimum Gasteiger partial charge on any atom is -0.309 e. The summed E-state index contributed by atoms with van der Waals surface area (Å²) in [7, 11) is 0. The van der Waals surface area contributed by atoms with E-state index in [0.29, 0.717) is 12.0 Å². The van der Waals surface area contributed by atoms with E-state index in [9.17, 15) is 0 Å².